The number of hydrogen-bond donors (Lipinski definition) is 2. The number of nitrogens with one attached hydrogen (secondary N) is 2. The van der Waals surface area contributed by atoms with Crippen molar-refractivity contribution in [3.63, 3.8) is 0 Å². The fourth-order valence-corrected chi connectivity index (χ4v) is 2.82. The average Bonchev–Trinajstić information content (AvgIpc) is 3.05. The van der Waals surface area contributed by atoms with Gasteiger partial charge in [-0.1, -0.05) is 6.07 Å². The number of thiazole rings is 1. The molecule has 0 aromatic carbocycles. The number of amides is 1. The number of carbonyl (C=O) groups is 1. The van der Waals surface area contributed by atoms with Crippen molar-refractivity contribution in [1.82, 2.24) is 20.3 Å². The lowest BCUT2D eigenvalue weighted by atomic mass is 10.2. The van der Waals surface area contributed by atoms with Gasteiger partial charge in [0.25, 0.3) is 5.91 Å². The maximum atomic E-state index is 11.9. The summed E-state index contributed by atoms with van der Waals surface area (Å²) in [5, 5.41) is 5.64. The number of H-pyrrole nitrogens is 1. The molecule has 0 unspecified atom stereocenters. The summed E-state index contributed by atoms with van der Waals surface area (Å²) in [6.07, 6.45) is 3.78. The molecule has 0 aliphatic rings. The number of hydrogen-bond acceptors (Lipinski definition) is 5. The van der Waals surface area contributed by atoms with Crippen molar-refractivity contribution < 1.29 is 4.79 Å². The number of pyridine rings is 2. The average molecular weight is 326 g/mol. The van der Waals surface area contributed by atoms with Gasteiger partial charge < -0.3 is 10.3 Å². The van der Waals surface area contributed by atoms with Crippen LogP contribution in [0.4, 0.5) is 0 Å². The second-order valence-electron chi connectivity index (χ2n) is 4.81. The van der Waals surface area contributed by atoms with E-state index in [4.69, 9.17) is 0 Å². The van der Waals surface area contributed by atoms with Crippen LogP contribution in [0.25, 0.3) is 10.7 Å². The summed E-state index contributed by atoms with van der Waals surface area (Å²) in [7, 11) is 0. The molecule has 3 rings (SSSR count). The molecule has 116 valence electrons. The van der Waals surface area contributed by atoms with Crippen LogP contribution in [-0.4, -0.2) is 27.4 Å². The quantitative estimate of drug-likeness (QED) is 0.749. The number of nitrogens with zero attached hydrogens (tertiary/aromatic N) is 2. The first-order valence-corrected chi connectivity index (χ1v) is 7.93. The van der Waals surface area contributed by atoms with Crippen molar-refractivity contribution in [3.8, 4) is 10.7 Å². The Morgan fingerprint density at radius 1 is 1.26 bits per heavy atom. The summed E-state index contributed by atoms with van der Waals surface area (Å²) in [5.74, 6) is -0.221. The van der Waals surface area contributed by atoms with Gasteiger partial charge in [0.2, 0.25) is 5.56 Å². The third kappa shape index (κ3) is 3.89. The molecule has 0 spiro atoms. The first kappa shape index (κ1) is 15.1. The van der Waals surface area contributed by atoms with Crippen molar-refractivity contribution in [2.75, 3.05) is 6.54 Å². The van der Waals surface area contributed by atoms with Crippen LogP contribution in [0.2, 0.25) is 0 Å². The number of aromatic nitrogens is 3. The second-order valence-corrected chi connectivity index (χ2v) is 5.66. The number of rotatable bonds is 5. The lowest BCUT2D eigenvalue weighted by molar-refractivity contribution is 0.0953. The Labute approximate surface area is 136 Å². The summed E-state index contributed by atoms with van der Waals surface area (Å²) in [6.45, 7) is 0.476. The molecular weight excluding hydrogens is 312 g/mol. The van der Waals surface area contributed by atoms with Gasteiger partial charge in [0.15, 0.2) is 0 Å². The first-order valence-electron chi connectivity index (χ1n) is 7.05. The van der Waals surface area contributed by atoms with Gasteiger partial charge in [0, 0.05) is 36.8 Å². The minimum atomic E-state index is -0.230. The monoisotopic (exact) mass is 326 g/mol. The summed E-state index contributed by atoms with van der Waals surface area (Å²) < 4.78 is 0. The number of aromatic amines is 1. The molecule has 3 aromatic rings. The minimum Gasteiger partial charge on any atom is -0.352 e. The molecule has 0 bridgehead atoms. The largest absolute Gasteiger partial charge is 0.352 e. The number of carbonyl (C=O) groups excluding carboxylic acids is 1. The van der Waals surface area contributed by atoms with Gasteiger partial charge >= 0.3 is 0 Å². The lowest BCUT2D eigenvalue weighted by Crippen LogP contribution is -2.26. The summed E-state index contributed by atoms with van der Waals surface area (Å²) >= 11 is 1.53. The van der Waals surface area contributed by atoms with Crippen molar-refractivity contribution in [2.24, 2.45) is 0 Å². The van der Waals surface area contributed by atoms with Gasteiger partial charge in [-0.15, -0.1) is 11.3 Å². The molecule has 7 heteroatoms. The smallest absolute Gasteiger partial charge is 0.252 e. The van der Waals surface area contributed by atoms with Crippen molar-refractivity contribution in [1.29, 1.82) is 0 Å². The zero-order valence-corrected chi connectivity index (χ0v) is 13.0. The van der Waals surface area contributed by atoms with Gasteiger partial charge in [0.1, 0.15) is 5.01 Å². The van der Waals surface area contributed by atoms with Gasteiger partial charge in [-0.2, -0.15) is 0 Å². The highest BCUT2D eigenvalue weighted by atomic mass is 32.1. The van der Waals surface area contributed by atoms with Crippen LogP contribution in [0.3, 0.4) is 0 Å². The highest BCUT2D eigenvalue weighted by Gasteiger charge is 2.07. The molecule has 0 aliphatic heterocycles. The second kappa shape index (κ2) is 6.97. The van der Waals surface area contributed by atoms with E-state index in [9.17, 15) is 9.59 Å². The van der Waals surface area contributed by atoms with Crippen LogP contribution in [-0.2, 0) is 6.42 Å². The van der Waals surface area contributed by atoms with Gasteiger partial charge in [0.05, 0.1) is 17.0 Å². The fraction of sp³-hybridized carbons (Fsp3) is 0.125. The van der Waals surface area contributed by atoms with Crippen LogP contribution in [0, 0.1) is 0 Å². The van der Waals surface area contributed by atoms with E-state index >= 15 is 0 Å². The van der Waals surface area contributed by atoms with Crippen molar-refractivity contribution >= 4 is 17.2 Å². The van der Waals surface area contributed by atoms with Gasteiger partial charge in [-0.25, -0.2) is 4.98 Å². The molecule has 0 fully saturated rings. The fourth-order valence-electron chi connectivity index (χ4n) is 1.99. The molecule has 2 N–H and O–H groups in total. The molecule has 0 aliphatic carbocycles. The van der Waals surface area contributed by atoms with Gasteiger partial charge in [-0.05, 0) is 18.2 Å². The molecule has 0 saturated carbocycles. The van der Waals surface area contributed by atoms with E-state index in [1.165, 1.54) is 29.7 Å². The Kier molecular flexibility index (Phi) is 4.58. The van der Waals surface area contributed by atoms with E-state index in [1.54, 1.807) is 6.20 Å². The van der Waals surface area contributed by atoms with E-state index in [1.807, 2.05) is 23.6 Å². The molecule has 3 aromatic heterocycles. The Hall–Kier alpha value is -2.80. The summed E-state index contributed by atoms with van der Waals surface area (Å²) in [6, 6.07) is 8.53. The van der Waals surface area contributed by atoms with Crippen LogP contribution in [0.1, 0.15) is 16.1 Å². The molecule has 0 atom stereocenters. The zero-order valence-electron chi connectivity index (χ0n) is 12.2. The predicted octanol–water partition coefficient (Wildman–Crippen LogP) is 1.87. The van der Waals surface area contributed by atoms with E-state index in [2.05, 4.69) is 20.3 Å². The predicted molar refractivity (Wildman–Crippen MR) is 88.4 cm³/mol. The Morgan fingerprint density at radius 2 is 2.17 bits per heavy atom. The Bertz CT molecular complexity index is 837. The zero-order chi connectivity index (χ0) is 16.1. The SMILES string of the molecule is O=C(NCCc1csc(-c2ccccn2)n1)c1ccc(=O)[nH]c1. The Morgan fingerprint density at radius 3 is 2.91 bits per heavy atom. The third-order valence-corrected chi connectivity index (χ3v) is 4.06. The molecule has 1 amide bonds. The molecule has 0 radical (unpaired) electrons. The van der Waals surface area contributed by atoms with E-state index in [0.717, 1.165) is 16.4 Å². The highest BCUT2D eigenvalue weighted by molar-refractivity contribution is 7.13. The third-order valence-electron chi connectivity index (χ3n) is 3.15. The Balaban J connectivity index is 1.55. The van der Waals surface area contributed by atoms with Crippen molar-refractivity contribution in [3.05, 3.63) is 69.7 Å². The maximum absolute atomic E-state index is 11.9. The molecule has 6 nitrogen and oxygen atoms in total. The maximum Gasteiger partial charge on any atom is 0.252 e. The normalized spacial score (nSPS) is 10.4. The standard InChI is InChI=1S/C16H14N4O2S/c21-14-5-4-11(9-19-14)15(22)18-8-6-12-10-23-16(20-12)13-3-1-2-7-17-13/h1-5,7,9-10H,6,8H2,(H,18,22)(H,19,21). The van der Waals surface area contributed by atoms with Gasteiger partial charge in [-0.3, -0.25) is 14.6 Å². The lowest BCUT2D eigenvalue weighted by Gasteiger charge is -2.03. The summed E-state index contributed by atoms with van der Waals surface area (Å²) in [5.41, 5.74) is 1.96. The minimum absolute atomic E-state index is 0.221. The van der Waals surface area contributed by atoms with Crippen molar-refractivity contribution in [2.45, 2.75) is 6.42 Å². The summed E-state index contributed by atoms with van der Waals surface area (Å²) in [4.78, 5) is 34.1. The van der Waals surface area contributed by atoms with Crippen LogP contribution in [0.5, 0.6) is 0 Å². The van der Waals surface area contributed by atoms with E-state index in [0.29, 0.717) is 18.5 Å². The van der Waals surface area contributed by atoms with Crippen LogP contribution >= 0.6 is 11.3 Å². The topological polar surface area (TPSA) is 87.7 Å². The molecule has 0 saturated heterocycles. The highest BCUT2D eigenvalue weighted by Crippen LogP contribution is 2.21. The molecule has 23 heavy (non-hydrogen) atoms. The van der Waals surface area contributed by atoms with E-state index in [-0.39, 0.29) is 11.5 Å². The van der Waals surface area contributed by atoms with Crippen LogP contribution < -0.4 is 10.9 Å². The van der Waals surface area contributed by atoms with E-state index < -0.39 is 0 Å². The first-order chi connectivity index (χ1) is 11.2. The van der Waals surface area contributed by atoms with Crippen LogP contribution in [0.15, 0.2) is 52.9 Å². The molecular formula is C16H14N4O2S. The molecule has 3 heterocycles.